The fourth-order valence-electron chi connectivity index (χ4n) is 2.66. The van der Waals surface area contributed by atoms with Crippen LogP contribution in [0.2, 0.25) is 0 Å². The van der Waals surface area contributed by atoms with Gasteiger partial charge in [0, 0.05) is 18.8 Å². The SMILES string of the molecule is Cc1cc(CO)ccc1N1CCCCCCC1. The van der Waals surface area contributed by atoms with Crippen molar-refractivity contribution in [3.63, 3.8) is 0 Å². The molecule has 0 saturated carbocycles. The highest BCUT2D eigenvalue weighted by atomic mass is 16.3. The Labute approximate surface area is 104 Å². The number of anilines is 1. The van der Waals surface area contributed by atoms with Gasteiger partial charge in [-0.05, 0) is 37.0 Å². The first-order chi connectivity index (χ1) is 8.31. The molecule has 94 valence electrons. The van der Waals surface area contributed by atoms with Gasteiger partial charge in [0.15, 0.2) is 0 Å². The average molecular weight is 233 g/mol. The van der Waals surface area contributed by atoms with Crippen molar-refractivity contribution in [1.29, 1.82) is 0 Å². The van der Waals surface area contributed by atoms with Crippen molar-refractivity contribution in [2.24, 2.45) is 0 Å². The van der Waals surface area contributed by atoms with Crippen LogP contribution in [0.3, 0.4) is 0 Å². The molecular formula is C15H23NO. The minimum atomic E-state index is 0.140. The molecule has 0 aromatic heterocycles. The Bertz CT molecular complexity index is 354. The van der Waals surface area contributed by atoms with Crippen molar-refractivity contribution in [3.8, 4) is 0 Å². The van der Waals surface area contributed by atoms with Gasteiger partial charge in [-0.3, -0.25) is 0 Å². The molecule has 1 aliphatic rings. The van der Waals surface area contributed by atoms with Gasteiger partial charge in [0.2, 0.25) is 0 Å². The van der Waals surface area contributed by atoms with Crippen molar-refractivity contribution in [2.75, 3.05) is 18.0 Å². The summed E-state index contributed by atoms with van der Waals surface area (Å²) in [7, 11) is 0. The van der Waals surface area contributed by atoms with Gasteiger partial charge >= 0.3 is 0 Å². The summed E-state index contributed by atoms with van der Waals surface area (Å²) < 4.78 is 0. The topological polar surface area (TPSA) is 23.5 Å². The van der Waals surface area contributed by atoms with E-state index in [1.54, 1.807) is 0 Å². The van der Waals surface area contributed by atoms with E-state index >= 15 is 0 Å². The number of aryl methyl sites for hydroxylation is 1. The molecule has 1 aromatic carbocycles. The second kappa shape index (κ2) is 6.06. The summed E-state index contributed by atoms with van der Waals surface area (Å²) in [5, 5.41) is 9.13. The lowest BCUT2D eigenvalue weighted by atomic mass is 10.1. The molecule has 2 rings (SSSR count). The summed E-state index contributed by atoms with van der Waals surface area (Å²) in [5.41, 5.74) is 3.65. The van der Waals surface area contributed by atoms with Gasteiger partial charge in [0.25, 0.3) is 0 Å². The highest BCUT2D eigenvalue weighted by Crippen LogP contribution is 2.24. The second-order valence-electron chi connectivity index (χ2n) is 5.03. The number of aliphatic hydroxyl groups excluding tert-OH is 1. The van der Waals surface area contributed by atoms with E-state index in [-0.39, 0.29) is 6.61 Å². The van der Waals surface area contributed by atoms with E-state index in [9.17, 15) is 0 Å². The third-order valence-corrected chi connectivity index (χ3v) is 3.64. The molecular weight excluding hydrogens is 210 g/mol. The Kier molecular flexibility index (Phi) is 4.43. The van der Waals surface area contributed by atoms with E-state index in [2.05, 4.69) is 24.0 Å². The van der Waals surface area contributed by atoms with Crippen LogP contribution in [-0.2, 0) is 6.61 Å². The molecule has 0 aliphatic carbocycles. The van der Waals surface area contributed by atoms with Gasteiger partial charge < -0.3 is 10.0 Å². The smallest absolute Gasteiger partial charge is 0.0681 e. The number of aliphatic hydroxyl groups is 1. The Morgan fingerprint density at radius 3 is 2.29 bits per heavy atom. The number of benzene rings is 1. The maximum Gasteiger partial charge on any atom is 0.0681 e. The quantitative estimate of drug-likeness (QED) is 0.847. The third kappa shape index (κ3) is 3.22. The standard InChI is InChI=1S/C15H23NO/c1-13-11-14(12-17)7-8-15(13)16-9-5-3-2-4-6-10-16/h7-8,11,17H,2-6,9-10,12H2,1H3. The van der Waals surface area contributed by atoms with Crippen LogP contribution >= 0.6 is 0 Å². The first-order valence-electron chi connectivity index (χ1n) is 6.76. The molecule has 0 spiro atoms. The van der Waals surface area contributed by atoms with E-state index < -0.39 is 0 Å². The highest BCUT2D eigenvalue weighted by molar-refractivity contribution is 5.54. The van der Waals surface area contributed by atoms with Crippen molar-refractivity contribution >= 4 is 5.69 Å². The normalized spacial score (nSPS) is 17.6. The zero-order chi connectivity index (χ0) is 12.1. The minimum absolute atomic E-state index is 0.140. The molecule has 1 aromatic rings. The molecule has 0 amide bonds. The van der Waals surface area contributed by atoms with Crippen molar-refractivity contribution in [3.05, 3.63) is 29.3 Å². The molecule has 1 saturated heterocycles. The van der Waals surface area contributed by atoms with Gasteiger partial charge in [0.05, 0.1) is 6.61 Å². The number of nitrogens with zero attached hydrogens (tertiary/aromatic N) is 1. The molecule has 0 bridgehead atoms. The van der Waals surface area contributed by atoms with Gasteiger partial charge in [-0.25, -0.2) is 0 Å². The first kappa shape index (κ1) is 12.4. The summed E-state index contributed by atoms with van der Waals surface area (Å²) in [5.74, 6) is 0. The van der Waals surface area contributed by atoms with E-state index in [1.807, 2.05) is 6.07 Å². The predicted octanol–water partition coefficient (Wildman–Crippen LogP) is 3.26. The summed E-state index contributed by atoms with van der Waals surface area (Å²) >= 11 is 0. The fourth-order valence-corrected chi connectivity index (χ4v) is 2.66. The Balaban J connectivity index is 2.13. The van der Waals surface area contributed by atoms with Crippen LogP contribution in [0.5, 0.6) is 0 Å². The van der Waals surface area contributed by atoms with Gasteiger partial charge in [-0.2, -0.15) is 0 Å². The number of hydrogen-bond donors (Lipinski definition) is 1. The third-order valence-electron chi connectivity index (χ3n) is 3.64. The molecule has 0 unspecified atom stereocenters. The zero-order valence-corrected chi connectivity index (χ0v) is 10.8. The van der Waals surface area contributed by atoms with E-state index in [0.717, 1.165) is 5.56 Å². The lowest BCUT2D eigenvalue weighted by molar-refractivity contribution is 0.282. The molecule has 0 radical (unpaired) electrons. The Morgan fingerprint density at radius 1 is 1.06 bits per heavy atom. The molecule has 2 nitrogen and oxygen atoms in total. The predicted molar refractivity (Wildman–Crippen MR) is 72.4 cm³/mol. The maximum absolute atomic E-state index is 9.13. The van der Waals surface area contributed by atoms with E-state index in [1.165, 1.54) is 56.4 Å². The molecule has 1 N–H and O–H groups in total. The van der Waals surface area contributed by atoms with Crippen LogP contribution in [0.1, 0.15) is 43.2 Å². The molecule has 1 aliphatic heterocycles. The molecule has 0 atom stereocenters. The van der Waals surface area contributed by atoms with E-state index in [4.69, 9.17) is 5.11 Å². The van der Waals surface area contributed by atoms with Crippen LogP contribution in [-0.4, -0.2) is 18.2 Å². The van der Waals surface area contributed by atoms with Crippen molar-refractivity contribution in [2.45, 2.75) is 45.6 Å². The van der Waals surface area contributed by atoms with Crippen LogP contribution in [0, 0.1) is 6.92 Å². The molecule has 1 heterocycles. The molecule has 2 heteroatoms. The summed E-state index contributed by atoms with van der Waals surface area (Å²) in [6.45, 7) is 4.65. The average Bonchev–Trinajstić information content (AvgIpc) is 2.29. The fraction of sp³-hybridized carbons (Fsp3) is 0.600. The summed E-state index contributed by atoms with van der Waals surface area (Å²) in [6.07, 6.45) is 6.74. The van der Waals surface area contributed by atoms with Crippen LogP contribution in [0.25, 0.3) is 0 Å². The van der Waals surface area contributed by atoms with Crippen molar-refractivity contribution in [1.82, 2.24) is 0 Å². The first-order valence-corrected chi connectivity index (χ1v) is 6.76. The Hall–Kier alpha value is -1.02. The minimum Gasteiger partial charge on any atom is -0.392 e. The number of rotatable bonds is 2. The zero-order valence-electron chi connectivity index (χ0n) is 10.8. The highest BCUT2D eigenvalue weighted by Gasteiger charge is 2.11. The molecule has 1 fully saturated rings. The second-order valence-corrected chi connectivity index (χ2v) is 5.03. The van der Waals surface area contributed by atoms with Gasteiger partial charge in [-0.1, -0.05) is 31.4 Å². The van der Waals surface area contributed by atoms with Crippen LogP contribution in [0.15, 0.2) is 18.2 Å². The number of hydrogen-bond acceptors (Lipinski definition) is 2. The van der Waals surface area contributed by atoms with Crippen LogP contribution < -0.4 is 4.90 Å². The monoisotopic (exact) mass is 233 g/mol. The molecule has 17 heavy (non-hydrogen) atoms. The van der Waals surface area contributed by atoms with Gasteiger partial charge in [0.1, 0.15) is 0 Å². The summed E-state index contributed by atoms with van der Waals surface area (Å²) in [6, 6.07) is 6.32. The van der Waals surface area contributed by atoms with Crippen LogP contribution in [0.4, 0.5) is 5.69 Å². The largest absolute Gasteiger partial charge is 0.392 e. The lowest BCUT2D eigenvalue weighted by Gasteiger charge is -2.28. The maximum atomic E-state index is 9.13. The van der Waals surface area contributed by atoms with Gasteiger partial charge in [-0.15, -0.1) is 0 Å². The lowest BCUT2D eigenvalue weighted by Crippen LogP contribution is -2.27. The van der Waals surface area contributed by atoms with E-state index in [0.29, 0.717) is 0 Å². The van der Waals surface area contributed by atoms with Crippen molar-refractivity contribution < 1.29 is 5.11 Å². The summed E-state index contributed by atoms with van der Waals surface area (Å²) in [4.78, 5) is 2.51. The Morgan fingerprint density at radius 2 is 1.71 bits per heavy atom.